The molecule has 1 saturated heterocycles. The third kappa shape index (κ3) is 7.10. The Morgan fingerprint density at radius 3 is 2.60 bits per heavy atom. The van der Waals surface area contributed by atoms with Crippen LogP contribution >= 0.6 is 0 Å². The number of imidazole rings is 1. The van der Waals surface area contributed by atoms with E-state index in [1.54, 1.807) is 32.0 Å². The van der Waals surface area contributed by atoms with Gasteiger partial charge in [-0.3, -0.25) is 9.82 Å². The fourth-order valence-electron chi connectivity index (χ4n) is 6.24. The molecule has 5 aromatic heterocycles. The first kappa shape index (κ1) is 30.7. The fourth-order valence-corrected chi connectivity index (χ4v) is 6.24. The number of aromatic nitrogens is 9. The first-order chi connectivity index (χ1) is 23.1. The van der Waals surface area contributed by atoms with E-state index in [2.05, 4.69) is 46.9 Å². The number of pyridine rings is 2. The third-order valence-electron chi connectivity index (χ3n) is 8.99. The van der Waals surface area contributed by atoms with Gasteiger partial charge in [0.05, 0.1) is 56.3 Å². The summed E-state index contributed by atoms with van der Waals surface area (Å²) in [5, 5.41) is 12.9. The second-order valence-electron chi connectivity index (χ2n) is 12.0. The van der Waals surface area contributed by atoms with Crippen LogP contribution in [0.5, 0.6) is 5.88 Å². The van der Waals surface area contributed by atoms with Gasteiger partial charge < -0.3 is 28.8 Å². The lowest BCUT2D eigenvalue weighted by Gasteiger charge is -2.29. The monoisotopic (exact) mass is 640 g/mol. The zero-order valence-electron chi connectivity index (χ0n) is 26.7. The summed E-state index contributed by atoms with van der Waals surface area (Å²) in [6.07, 6.45) is 13.4. The molecule has 1 aliphatic heterocycles. The summed E-state index contributed by atoms with van der Waals surface area (Å²) in [4.78, 5) is 30.1. The number of nitrogens with one attached hydrogen (secondary N) is 2. The van der Waals surface area contributed by atoms with E-state index in [9.17, 15) is 0 Å². The van der Waals surface area contributed by atoms with Crippen molar-refractivity contribution in [1.29, 1.82) is 0 Å². The molecule has 0 bridgehead atoms. The summed E-state index contributed by atoms with van der Waals surface area (Å²) >= 11 is 0. The normalized spacial score (nSPS) is 18.4. The average Bonchev–Trinajstić information content (AvgIpc) is 3.73. The second kappa shape index (κ2) is 14.3. The zero-order chi connectivity index (χ0) is 32.0. The van der Waals surface area contributed by atoms with E-state index in [0.29, 0.717) is 61.8 Å². The standard InChI is InChI=1S/C32H40N12O3/c1-42-25(18-37-32(42)41-45-2)19-44-21-38-40-29(44)24-14-26-27(35-17-24)15-28(43-10-12-46-13-11-43)39-30(26)47-20-23-6-4-22(5-7-23)16-36-31-33-8-3-9-34-31/h3,8-9,14-15,17-18,21-23H,4-7,10-13,16,19-20H2,1-2H3,(H,37,41)(H,33,34,36). The Morgan fingerprint density at radius 1 is 0.979 bits per heavy atom. The minimum atomic E-state index is 0.457. The molecule has 0 unspecified atom stereocenters. The van der Waals surface area contributed by atoms with E-state index >= 15 is 0 Å². The van der Waals surface area contributed by atoms with Crippen molar-refractivity contribution < 1.29 is 14.3 Å². The highest BCUT2D eigenvalue weighted by molar-refractivity contribution is 5.88. The van der Waals surface area contributed by atoms with Crippen LogP contribution in [0.15, 0.2) is 49.3 Å². The molecule has 246 valence electrons. The van der Waals surface area contributed by atoms with Crippen LogP contribution in [0, 0.1) is 11.8 Å². The smallest absolute Gasteiger partial charge is 0.227 e. The Morgan fingerprint density at radius 2 is 1.79 bits per heavy atom. The maximum Gasteiger partial charge on any atom is 0.227 e. The molecule has 2 fully saturated rings. The Bertz CT molecular complexity index is 1760. The number of anilines is 3. The molecule has 0 aromatic carbocycles. The molecule has 1 saturated carbocycles. The molecule has 0 spiro atoms. The molecule has 15 nitrogen and oxygen atoms in total. The van der Waals surface area contributed by atoms with E-state index in [4.69, 9.17) is 24.3 Å². The summed E-state index contributed by atoms with van der Waals surface area (Å²) < 4.78 is 16.1. The van der Waals surface area contributed by atoms with Crippen molar-refractivity contribution in [3.05, 3.63) is 55.0 Å². The summed E-state index contributed by atoms with van der Waals surface area (Å²) in [6, 6.07) is 5.93. The van der Waals surface area contributed by atoms with Gasteiger partial charge in [-0.2, -0.15) is 4.98 Å². The van der Waals surface area contributed by atoms with Gasteiger partial charge in [0.25, 0.3) is 0 Å². The average molecular weight is 641 g/mol. The highest BCUT2D eigenvalue weighted by Crippen LogP contribution is 2.33. The molecule has 2 N–H and O–H groups in total. The number of nitrogens with zero attached hydrogens (tertiary/aromatic N) is 10. The van der Waals surface area contributed by atoms with Gasteiger partial charge in [0, 0.05) is 56.9 Å². The molecule has 15 heteroatoms. The van der Waals surface area contributed by atoms with Crippen molar-refractivity contribution in [2.24, 2.45) is 18.9 Å². The van der Waals surface area contributed by atoms with Crippen molar-refractivity contribution in [1.82, 2.24) is 44.3 Å². The van der Waals surface area contributed by atoms with Gasteiger partial charge in [0.15, 0.2) is 5.82 Å². The van der Waals surface area contributed by atoms with Gasteiger partial charge in [-0.15, -0.1) is 10.2 Å². The number of rotatable bonds is 12. The van der Waals surface area contributed by atoms with Crippen LogP contribution < -0.4 is 20.4 Å². The minimum Gasteiger partial charge on any atom is -0.477 e. The number of ether oxygens (including phenoxy) is 2. The fraction of sp³-hybridized carbons (Fsp3) is 0.469. The maximum atomic E-state index is 6.58. The van der Waals surface area contributed by atoms with Crippen molar-refractivity contribution in [2.75, 3.05) is 62.3 Å². The van der Waals surface area contributed by atoms with E-state index in [1.807, 2.05) is 34.5 Å². The predicted molar refractivity (Wildman–Crippen MR) is 176 cm³/mol. The molecule has 7 rings (SSSR count). The Hall–Kier alpha value is -4.89. The summed E-state index contributed by atoms with van der Waals surface area (Å²) in [6.45, 7) is 4.91. The lowest BCUT2D eigenvalue weighted by Crippen LogP contribution is -2.36. The zero-order valence-corrected chi connectivity index (χ0v) is 26.7. The highest BCUT2D eigenvalue weighted by atomic mass is 16.6. The molecule has 2 aliphatic rings. The quantitative estimate of drug-likeness (QED) is 0.191. The Balaban J connectivity index is 1.09. The highest BCUT2D eigenvalue weighted by Gasteiger charge is 2.24. The first-order valence-electron chi connectivity index (χ1n) is 16.1. The Kier molecular flexibility index (Phi) is 9.33. The molecule has 6 heterocycles. The molecule has 1 aliphatic carbocycles. The molecular formula is C32H40N12O3. The Labute approximate surface area is 272 Å². The molecular weight excluding hydrogens is 600 g/mol. The van der Waals surface area contributed by atoms with Gasteiger partial charge >= 0.3 is 0 Å². The van der Waals surface area contributed by atoms with Crippen LogP contribution in [-0.2, 0) is 23.2 Å². The van der Waals surface area contributed by atoms with Crippen LogP contribution in [0.2, 0.25) is 0 Å². The lowest BCUT2D eigenvalue weighted by atomic mass is 9.82. The van der Waals surface area contributed by atoms with Crippen molar-refractivity contribution in [2.45, 2.75) is 32.2 Å². The number of fused-ring (bicyclic) bond motifs is 1. The number of hydrogen-bond donors (Lipinski definition) is 2. The van der Waals surface area contributed by atoms with E-state index in [-0.39, 0.29) is 0 Å². The van der Waals surface area contributed by atoms with Crippen LogP contribution in [0.1, 0.15) is 31.4 Å². The van der Waals surface area contributed by atoms with Gasteiger partial charge in [-0.1, -0.05) is 0 Å². The van der Waals surface area contributed by atoms with E-state index in [0.717, 1.165) is 73.3 Å². The largest absolute Gasteiger partial charge is 0.477 e. The van der Waals surface area contributed by atoms with Crippen molar-refractivity contribution >= 4 is 28.6 Å². The topological polar surface area (TPSA) is 155 Å². The molecule has 47 heavy (non-hydrogen) atoms. The van der Waals surface area contributed by atoms with Gasteiger partial charge in [0.1, 0.15) is 12.1 Å². The second-order valence-corrected chi connectivity index (χ2v) is 12.0. The predicted octanol–water partition coefficient (Wildman–Crippen LogP) is 3.57. The van der Waals surface area contributed by atoms with Crippen LogP contribution in [-0.4, -0.2) is 90.8 Å². The number of morpholine rings is 1. The molecule has 0 radical (unpaired) electrons. The van der Waals surface area contributed by atoms with E-state index < -0.39 is 0 Å². The third-order valence-corrected chi connectivity index (χ3v) is 8.99. The summed E-state index contributed by atoms with van der Waals surface area (Å²) in [5.41, 5.74) is 5.40. The van der Waals surface area contributed by atoms with Crippen LogP contribution in [0.4, 0.5) is 17.7 Å². The van der Waals surface area contributed by atoms with Crippen molar-refractivity contribution in [3.63, 3.8) is 0 Å². The minimum absolute atomic E-state index is 0.457. The van der Waals surface area contributed by atoms with Gasteiger partial charge in [-0.25, -0.2) is 20.4 Å². The molecule has 0 atom stereocenters. The maximum absolute atomic E-state index is 6.58. The van der Waals surface area contributed by atoms with E-state index in [1.165, 1.54) is 0 Å². The lowest BCUT2D eigenvalue weighted by molar-refractivity contribution is 0.122. The molecule has 0 amide bonds. The van der Waals surface area contributed by atoms with Gasteiger partial charge in [0.2, 0.25) is 17.8 Å². The summed E-state index contributed by atoms with van der Waals surface area (Å²) in [5.74, 6) is 4.49. The molecule has 5 aromatic rings. The van der Waals surface area contributed by atoms with Crippen molar-refractivity contribution in [3.8, 4) is 17.3 Å². The SMILES string of the molecule is CONc1ncc(Cn2cnnc2-c2cnc3cc(N4CCOCC4)nc(OCC4CCC(CNc5ncccn5)CC4)c3c2)n1C. The number of hydrogen-bond acceptors (Lipinski definition) is 13. The summed E-state index contributed by atoms with van der Waals surface area (Å²) in [7, 11) is 3.48. The first-order valence-corrected chi connectivity index (χ1v) is 16.1. The van der Waals surface area contributed by atoms with Crippen LogP contribution in [0.25, 0.3) is 22.3 Å². The van der Waals surface area contributed by atoms with Crippen LogP contribution in [0.3, 0.4) is 0 Å². The van der Waals surface area contributed by atoms with Gasteiger partial charge in [-0.05, 0) is 49.7 Å².